The second kappa shape index (κ2) is 5.68. The quantitative estimate of drug-likeness (QED) is 0.685. The molecule has 94 valence electrons. The molecule has 0 bridgehead atoms. The van der Waals surface area contributed by atoms with E-state index in [1.807, 2.05) is 0 Å². The summed E-state index contributed by atoms with van der Waals surface area (Å²) >= 11 is 11.8. The molecular weight excluding hydrogens is 277 g/mol. The minimum absolute atomic E-state index is 0.325. The van der Waals surface area contributed by atoms with Gasteiger partial charge in [-0.25, -0.2) is 8.78 Å². The summed E-state index contributed by atoms with van der Waals surface area (Å²) in [5, 5.41) is -0.227. The third-order valence-electron chi connectivity index (χ3n) is 2.60. The van der Waals surface area contributed by atoms with Gasteiger partial charge in [-0.05, 0) is 36.2 Å². The molecule has 1 unspecified atom stereocenters. The molecule has 0 fully saturated rings. The van der Waals surface area contributed by atoms with E-state index in [4.69, 9.17) is 23.2 Å². The van der Waals surface area contributed by atoms with Crippen LogP contribution in [0, 0.1) is 11.6 Å². The van der Waals surface area contributed by atoms with Gasteiger partial charge < -0.3 is 0 Å². The molecule has 0 aliphatic heterocycles. The monoisotopic (exact) mass is 286 g/mol. The molecule has 18 heavy (non-hydrogen) atoms. The number of alkyl halides is 1. The summed E-state index contributed by atoms with van der Waals surface area (Å²) in [6.07, 6.45) is 0.359. The fourth-order valence-corrected chi connectivity index (χ4v) is 2.25. The SMILES string of the molecule is Fc1cccc(CC(Cl)c2ccc(Cl)cc2F)c1. The molecule has 2 aromatic rings. The Bertz CT molecular complexity index is 555. The molecule has 0 saturated heterocycles. The lowest BCUT2D eigenvalue weighted by atomic mass is 10.0. The van der Waals surface area contributed by atoms with Gasteiger partial charge in [-0.2, -0.15) is 0 Å². The number of halogens is 4. The van der Waals surface area contributed by atoms with Gasteiger partial charge in [-0.1, -0.05) is 29.8 Å². The highest BCUT2D eigenvalue weighted by atomic mass is 35.5. The molecule has 1 atom stereocenters. The summed E-state index contributed by atoms with van der Waals surface area (Å²) in [4.78, 5) is 0. The molecule has 0 saturated carbocycles. The fourth-order valence-electron chi connectivity index (χ4n) is 1.74. The van der Waals surface area contributed by atoms with Crippen LogP contribution in [0.2, 0.25) is 5.02 Å². The number of benzene rings is 2. The second-order valence-electron chi connectivity index (χ2n) is 3.97. The highest BCUT2D eigenvalue weighted by Crippen LogP contribution is 2.28. The van der Waals surface area contributed by atoms with Gasteiger partial charge in [0.15, 0.2) is 0 Å². The Hall–Kier alpha value is -1.12. The van der Waals surface area contributed by atoms with Crippen LogP contribution in [-0.4, -0.2) is 0 Å². The maximum atomic E-state index is 13.6. The molecule has 0 aromatic heterocycles. The van der Waals surface area contributed by atoms with Crippen LogP contribution in [0.15, 0.2) is 42.5 Å². The largest absolute Gasteiger partial charge is 0.207 e. The van der Waals surface area contributed by atoms with Crippen LogP contribution < -0.4 is 0 Å². The predicted octanol–water partition coefficient (Wildman–Crippen LogP) is 5.14. The predicted molar refractivity (Wildman–Crippen MR) is 70.1 cm³/mol. The number of hydrogen-bond acceptors (Lipinski definition) is 0. The molecule has 0 heterocycles. The van der Waals surface area contributed by atoms with E-state index in [-0.39, 0.29) is 5.82 Å². The van der Waals surface area contributed by atoms with Crippen molar-refractivity contribution in [3.8, 4) is 0 Å². The lowest BCUT2D eigenvalue weighted by molar-refractivity contribution is 0.604. The highest BCUT2D eigenvalue weighted by molar-refractivity contribution is 6.30. The van der Waals surface area contributed by atoms with Crippen molar-refractivity contribution >= 4 is 23.2 Å². The van der Waals surface area contributed by atoms with Crippen molar-refractivity contribution in [2.75, 3.05) is 0 Å². The minimum Gasteiger partial charge on any atom is -0.207 e. The van der Waals surface area contributed by atoms with Gasteiger partial charge in [0, 0.05) is 10.6 Å². The fraction of sp³-hybridized carbons (Fsp3) is 0.143. The average Bonchev–Trinajstić information content (AvgIpc) is 2.28. The molecule has 0 radical (unpaired) electrons. The van der Waals surface area contributed by atoms with Crippen molar-refractivity contribution in [1.29, 1.82) is 0 Å². The third kappa shape index (κ3) is 3.21. The van der Waals surface area contributed by atoms with Gasteiger partial charge in [0.05, 0.1) is 5.38 Å². The van der Waals surface area contributed by atoms with Gasteiger partial charge in [0.1, 0.15) is 11.6 Å². The van der Waals surface area contributed by atoms with E-state index in [2.05, 4.69) is 0 Å². The van der Waals surface area contributed by atoms with Crippen LogP contribution in [0.4, 0.5) is 8.78 Å². The molecule has 2 aromatic carbocycles. The zero-order valence-corrected chi connectivity index (χ0v) is 10.8. The summed E-state index contributed by atoms with van der Waals surface area (Å²) in [6.45, 7) is 0. The first-order valence-electron chi connectivity index (χ1n) is 5.40. The van der Waals surface area contributed by atoms with E-state index >= 15 is 0 Å². The van der Waals surface area contributed by atoms with Crippen LogP contribution >= 0.6 is 23.2 Å². The summed E-state index contributed by atoms with van der Waals surface area (Å²) in [6, 6.07) is 10.5. The van der Waals surface area contributed by atoms with Crippen molar-refractivity contribution in [2.45, 2.75) is 11.8 Å². The molecule has 0 aliphatic rings. The van der Waals surface area contributed by atoms with E-state index in [1.54, 1.807) is 24.3 Å². The Labute approximate surface area is 114 Å². The first-order valence-corrected chi connectivity index (χ1v) is 6.21. The summed E-state index contributed by atoms with van der Waals surface area (Å²) < 4.78 is 26.7. The lowest BCUT2D eigenvalue weighted by Gasteiger charge is -2.11. The van der Waals surface area contributed by atoms with Crippen LogP contribution in [-0.2, 0) is 6.42 Å². The molecular formula is C14H10Cl2F2. The molecule has 0 nitrogen and oxygen atoms in total. The molecule has 2 rings (SSSR count). The van der Waals surface area contributed by atoms with Crippen molar-refractivity contribution in [2.24, 2.45) is 0 Å². The summed E-state index contributed by atoms with van der Waals surface area (Å²) in [5.74, 6) is -0.771. The highest BCUT2D eigenvalue weighted by Gasteiger charge is 2.14. The maximum absolute atomic E-state index is 13.6. The first-order chi connectivity index (χ1) is 8.56. The zero-order chi connectivity index (χ0) is 13.1. The van der Waals surface area contributed by atoms with E-state index < -0.39 is 11.2 Å². The van der Waals surface area contributed by atoms with E-state index in [0.717, 1.165) is 5.56 Å². The minimum atomic E-state index is -0.552. The van der Waals surface area contributed by atoms with Crippen molar-refractivity contribution in [1.82, 2.24) is 0 Å². The Balaban J connectivity index is 2.19. The van der Waals surface area contributed by atoms with Crippen LogP contribution in [0.5, 0.6) is 0 Å². The second-order valence-corrected chi connectivity index (χ2v) is 4.93. The van der Waals surface area contributed by atoms with Crippen LogP contribution in [0.1, 0.15) is 16.5 Å². The first kappa shape index (κ1) is 13.3. The van der Waals surface area contributed by atoms with Gasteiger partial charge in [-0.3, -0.25) is 0 Å². The normalized spacial score (nSPS) is 12.4. The van der Waals surface area contributed by atoms with E-state index in [9.17, 15) is 8.78 Å². The third-order valence-corrected chi connectivity index (χ3v) is 3.23. The maximum Gasteiger partial charge on any atom is 0.129 e. The zero-order valence-electron chi connectivity index (χ0n) is 9.34. The Morgan fingerprint density at radius 3 is 2.50 bits per heavy atom. The van der Waals surface area contributed by atoms with Crippen LogP contribution in [0.3, 0.4) is 0 Å². The Kier molecular flexibility index (Phi) is 4.20. The Morgan fingerprint density at radius 1 is 1.06 bits per heavy atom. The van der Waals surface area contributed by atoms with Crippen molar-refractivity contribution in [3.63, 3.8) is 0 Å². The molecule has 0 N–H and O–H groups in total. The molecule has 0 amide bonds. The molecule has 4 heteroatoms. The topological polar surface area (TPSA) is 0 Å². The Morgan fingerprint density at radius 2 is 1.83 bits per heavy atom. The summed E-state index contributed by atoms with van der Waals surface area (Å²) in [5.41, 5.74) is 1.09. The number of hydrogen-bond donors (Lipinski definition) is 0. The van der Waals surface area contributed by atoms with Crippen molar-refractivity contribution < 1.29 is 8.78 Å². The summed E-state index contributed by atoms with van der Waals surface area (Å²) in [7, 11) is 0. The number of rotatable bonds is 3. The smallest absolute Gasteiger partial charge is 0.129 e. The molecule has 0 spiro atoms. The molecule has 0 aliphatic carbocycles. The standard InChI is InChI=1S/C14H10Cl2F2/c15-10-4-5-12(14(18)8-10)13(16)7-9-2-1-3-11(17)6-9/h1-6,8,13H,7H2. The van der Waals surface area contributed by atoms with Gasteiger partial charge in [-0.15, -0.1) is 11.6 Å². The van der Waals surface area contributed by atoms with E-state index in [0.29, 0.717) is 17.0 Å². The van der Waals surface area contributed by atoms with Gasteiger partial charge in [0.25, 0.3) is 0 Å². The van der Waals surface area contributed by atoms with Crippen molar-refractivity contribution in [3.05, 3.63) is 70.2 Å². The van der Waals surface area contributed by atoms with Gasteiger partial charge in [0.2, 0.25) is 0 Å². The average molecular weight is 287 g/mol. The van der Waals surface area contributed by atoms with E-state index in [1.165, 1.54) is 18.2 Å². The van der Waals surface area contributed by atoms with Gasteiger partial charge >= 0.3 is 0 Å². The van der Waals surface area contributed by atoms with Crippen LogP contribution in [0.25, 0.3) is 0 Å². The lowest BCUT2D eigenvalue weighted by Crippen LogP contribution is -1.99.